The van der Waals surface area contributed by atoms with Crippen LogP contribution in [-0.4, -0.2) is 36.6 Å². The van der Waals surface area contributed by atoms with Crippen LogP contribution in [0.1, 0.15) is 24.2 Å². The van der Waals surface area contributed by atoms with Crippen LogP contribution in [0.2, 0.25) is 0 Å². The van der Waals surface area contributed by atoms with Crippen LogP contribution in [0.4, 0.5) is 0 Å². The Morgan fingerprint density at radius 2 is 1.62 bits per heavy atom. The van der Waals surface area contributed by atoms with E-state index in [1.54, 1.807) is 29.2 Å². The van der Waals surface area contributed by atoms with E-state index in [1.807, 2.05) is 37.3 Å². The minimum atomic E-state index is -3.68. The Kier molecular flexibility index (Phi) is 4.43. The SMILES string of the molecule is CC(=O)N1CCN(S(=O)(=O)c2ccc(C)cc2)C1c1ccccc1. The van der Waals surface area contributed by atoms with E-state index >= 15 is 0 Å². The molecular formula is C18H20N2O3S. The van der Waals surface area contributed by atoms with Crippen LogP contribution < -0.4 is 0 Å². The maximum Gasteiger partial charge on any atom is 0.245 e. The van der Waals surface area contributed by atoms with Gasteiger partial charge in [-0.15, -0.1) is 0 Å². The lowest BCUT2D eigenvalue weighted by Gasteiger charge is -2.29. The molecule has 2 aromatic carbocycles. The molecule has 1 unspecified atom stereocenters. The van der Waals surface area contributed by atoms with Crippen molar-refractivity contribution in [2.45, 2.75) is 24.9 Å². The Morgan fingerprint density at radius 1 is 1.00 bits per heavy atom. The van der Waals surface area contributed by atoms with Crippen molar-refractivity contribution in [3.8, 4) is 0 Å². The molecule has 0 radical (unpaired) electrons. The van der Waals surface area contributed by atoms with Crippen molar-refractivity contribution in [3.63, 3.8) is 0 Å². The predicted octanol–water partition coefficient (Wildman–Crippen LogP) is 2.55. The Hall–Kier alpha value is -2.18. The van der Waals surface area contributed by atoms with Crippen molar-refractivity contribution >= 4 is 15.9 Å². The average Bonchev–Trinajstić information content (AvgIpc) is 3.02. The molecule has 3 rings (SSSR count). The van der Waals surface area contributed by atoms with E-state index in [2.05, 4.69) is 0 Å². The zero-order chi connectivity index (χ0) is 17.3. The lowest BCUT2D eigenvalue weighted by Crippen LogP contribution is -2.37. The molecule has 0 spiro atoms. The summed E-state index contributed by atoms with van der Waals surface area (Å²) in [4.78, 5) is 13.8. The fraction of sp³-hybridized carbons (Fsp3) is 0.278. The molecule has 0 saturated carbocycles. The van der Waals surface area contributed by atoms with Crippen molar-refractivity contribution in [1.29, 1.82) is 0 Å². The lowest BCUT2D eigenvalue weighted by molar-refractivity contribution is -0.130. The van der Waals surface area contributed by atoms with Crippen LogP contribution >= 0.6 is 0 Å². The van der Waals surface area contributed by atoms with Gasteiger partial charge in [0.1, 0.15) is 6.17 Å². The first kappa shape index (κ1) is 16.7. The highest BCUT2D eigenvalue weighted by Crippen LogP contribution is 2.34. The van der Waals surface area contributed by atoms with Crippen LogP contribution in [0.3, 0.4) is 0 Å². The molecule has 0 aliphatic carbocycles. The number of amides is 1. The topological polar surface area (TPSA) is 57.7 Å². The molecule has 1 amide bonds. The maximum atomic E-state index is 13.1. The Balaban J connectivity index is 2.05. The molecule has 1 atom stereocenters. The summed E-state index contributed by atoms with van der Waals surface area (Å²) < 4.78 is 27.6. The lowest BCUT2D eigenvalue weighted by atomic mass is 10.1. The third kappa shape index (κ3) is 2.95. The summed E-state index contributed by atoms with van der Waals surface area (Å²) in [6, 6.07) is 16.1. The van der Waals surface area contributed by atoms with Gasteiger partial charge in [-0.1, -0.05) is 48.0 Å². The van der Waals surface area contributed by atoms with Crippen molar-refractivity contribution in [1.82, 2.24) is 9.21 Å². The monoisotopic (exact) mass is 344 g/mol. The second-order valence-electron chi connectivity index (χ2n) is 5.93. The van der Waals surface area contributed by atoms with E-state index in [0.717, 1.165) is 11.1 Å². The standard InChI is InChI=1S/C18H20N2O3S/c1-14-8-10-17(11-9-14)24(22,23)20-13-12-19(15(2)21)18(20)16-6-4-3-5-7-16/h3-11,18H,12-13H2,1-2H3. The first-order chi connectivity index (χ1) is 11.4. The summed E-state index contributed by atoms with van der Waals surface area (Å²) in [6.07, 6.45) is -0.602. The summed E-state index contributed by atoms with van der Waals surface area (Å²) >= 11 is 0. The predicted molar refractivity (Wildman–Crippen MR) is 91.6 cm³/mol. The highest BCUT2D eigenvalue weighted by atomic mass is 32.2. The molecule has 0 N–H and O–H groups in total. The molecule has 2 aromatic rings. The van der Waals surface area contributed by atoms with Crippen LogP contribution in [-0.2, 0) is 14.8 Å². The second kappa shape index (κ2) is 6.37. The number of nitrogens with zero attached hydrogens (tertiary/aromatic N) is 2. The molecule has 1 aliphatic heterocycles. The molecule has 24 heavy (non-hydrogen) atoms. The molecule has 6 heteroatoms. The second-order valence-corrected chi connectivity index (χ2v) is 7.82. The number of hydrogen-bond acceptors (Lipinski definition) is 3. The Labute approximate surface area is 142 Å². The number of carbonyl (C=O) groups is 1. The number of sulfonamides is 1. The number of hydrogen-bond donors (Lipinski definition) is 0. The molecule has 1 saturated heterocycles. The number of carbonyl (C=O) groups excluding carboxylic acids is 1. The Morgan fingerprint density at radius 3 is 2.21 bits per heavy atom. The van der Waals surface area contributed by atoms with E-state index in [0.29, 0.717) is 6.54 Å². The molecule has 1 aliphatic rings. The minimum absolute atomic E-state index is 0.134. The van der Waals surface area contributed by atoms with E-state index in [1.165, 1.54) is 11.2 Å². The Bertz CT molecular complexity index is 832. The van der Waals surface area contributed by atoms with Crippen LogP contribution in [0.25, 0.3) is 0 Å². The molecule has 5 nitrogen and oxygen atoms in total. The fourth-order valence-electron chi connectivity index (χ4n) is 3.00. The first-order valence-corrected chi connectivity index (χ1v) is 9.26. The number of aryl methyl sites for hydroxylation is 1. The van der Waals surface area contributed by atoms with Gasteiger partial charge < -0.3 is 4.90 Å². The van der Waals surface area contributed by atoms with Crippen molar-refractivity contribution in [2.24, 2.45) is 0 Å². The van der Waals surface area contributed by atoms with Gasteiger partial charge in [0.25, 0.3) is 0 Å². The zero-order valence-corrected chi connectivity index (χ0v) is 14.5. The van der Waals surface area contributed by atoms with Crippen LogP contribution in [0.5, 0.6) is 0 Å². The van der Waals surface area contributed by atoms with E-state index in [9.17, 15) is 13.2 Å². The maximum absolute atomic E-state index is 13.1. The van der Waals surface area contributed by atoms with Gasteiger partial charge in [-0.25, -0.2) is 8.42 Å². The summed E-state index contributed by atoms with van der Waals surface area (Å²) in [5, 5.41) is 0. The molecule has 0 aromatic heterocycles. The van der Waals surface area contributed by atoms with Crippen LogP contribution in [0, 0.1) is 6.92 Å². The third-order valence-corrected chi connectivity index (χ3v) is 6.13. The third-order valence-electron chi connectivity index (χ3n) is 4.26. The van der Waals surface area contributed by atoms with Crippen molar-refractivity contribution in [2.75, 3.05) is 13.1 Å². The molecule has 126 valence electrons. The number of benzene rings is 2. The summed E-state index contributed by atoms with van der Waals surface area (Å²) in [5.74, 6) is -0.134. The van der Waals surface area contributed by atoms with Gasteiger partial charge in [0.05, 0.1) is 4.90 Å². The first-order valence-electron chi connectivity index (χ1n) is 7.82. The van der Waals surface area contributed by atoms with Gasteiger partial charge in [-0.3, -0.25) is 4.79 Å². The molecule has 1 heterocycles. The number of rotatable bonds is 3. The van der Waals surface area contributed by atoms with Gasteiger partial charge in [0.2, 0.25) is 15.9 Å². The van der Waals surface area contributed by atoms with E-state index in [-0.39, 0.29) is 17.3 Å². The summed E-state index contributed by atoms with van der Waals surface area (Å²) in [6.45, 7) is 4.06. The van der Waals surface area contributed by atoms with Gasteiger partial charge in [0, 0.05) is 20.0 Å². The fourth-order valence-corrected chi connectivity index (χ4v) is 4.58. The van der Waals surface area contributed by atoms with Gasteiger partial charge >= 0.3 is 0 Å². The van der Waals surface area contributed by atoms with E-state index in [4.69, 9.17) is 0 Å². The quantitative estimate of drug-likeness (QED) is 0.860. The van der Waals surface area contributed by atoms with Gasteiger partial charge in [0.15, 0.2) is 0 Å². The molecule has 1 fully saturated rings. The summed E-state index contributed by atoms with van der Waals surface area (Å²) in [5.41, 5.74) is 1.79. The minimum Gasteiger partial charge on any atom is -0.321 e. The van der Waals surface area contributed by atoms with Gasteiger partial charge in [-0.05, 0) is 24.6 Å². The summed E-state index contributed by atoms with van der Waals surface area (Å²) in [7, 11) is -3.68. The smallest absolute Gasteiger partial charge is 0.245 e. The highest BCUT2D eigenvalue weighted by molar-refractivity contribution is 7.89. The molecule has 0 bridgehead atoms. The zero-order valence-electron chi connectivity index (χ0n) is 13.7. The normalized spacial score (nSPS) is 18.8. The van der Waals surface area contributed by atoms with E-state index < -0.39 is 16.2 Å². The van der Waals surface area contributed by atoms with Gasteiger partial charge in [-0.2, -0.15) is 4.31 Å². The molecular weight excluding hydrogens is 324 g/mol. The van der Waals surface area contributed by atoms with Crippen LogP contribution in [0.15, 0.2) is 59.5 Å². The van der Waals surface area contributed by atoms with Crippen molar-refractivity contribution < 1.29 is 13.2 Å². The highest BCUT2D eigenvalue weighted by Gasteiger charge is 2.42. The average molecular weight is 344 g/mol. The van der Waals surface area contributed by atoms with Crippen molar-refractivity contribution in [3.05, 3.63) is 65.7 Å². The largest absolute Gasteiger partial charge is 0.321 e.